The third-order valence-electron chi connectivity index (χ3n) is 6.49. The molecule has 0 aliphatic heterocycles. The minimum absolute atomic E-state index is 0.285. The summed E-state index contributed by atoms with van der Waals surface area (Å²) in [5.74, 6) is -0.539. The largest absolute Gasteiger partial charge is 0.463 e. The molecule has 8 nitrogen and oxygen atoms in total. The molecule has 0 saturated heterocycles. The molecule has 2 aromatic rings. The van der Waals surface area contributed by atoms with Gasteiger partial charge in [0.15, 0.2) is 0 Å². The van der Waals surface area contributed by atoms with Crippen LogP contribution in [0.25, 0.3) is 0 Å². The number of carbonyl (C=O) groups excluding carboxylic acids is 4. The second-order valence-corrected chi connectivity index (χ2v) is 9.99. The molecular formula is C33H40O8. The number of unbranched alkanes of at least 4 members (excludes halogenated alkanes) is 4. The molecule has 8 heteroatoms. The van der Waals surface area contributed by atoms with Gasteiger partial charge in [-0.3, -0.25) is 9.59 Å². The maximum Gasteiger partial charge on any atom is 0.330 e. The first-order chi connectivity index (χ1) is 19.6. The molecule has 0 amide bonds. The lowest BCUT2D eigenvalue weighted by Crippen LogP contribution is -2.19. The van der Waals surface area contributed by atoms with Crippen molar-refractivity contribution in [3.05, 3.63) is 85.0 Å². The fourth-order valence-electron chi connectivity index (χ4n) is 3.97. The number of esters is 4. The van der Waals surface area contributed by atoms with Crippen LogP contribution < -0.4 is 9.47 Å². The van der Waals surface area contributed by atoms with Gasteiger partial charge < -0.3 is 18.9 Å². The Morgan fingerprint density at radius 2 is 0.976 bits per heavy atom. The summed E-state index contributed by atoms with van der Waals surface area (Å²) in [4.78, 5) is 46.3. The lowest BCUT2D eigenvalue weighted by atomic mass is 9.78. The Bertz CT molecular complexity index is 1070. The molecule has 0 N–H and O–H groups in total. The van der Waals surface area contributed by atoms with E-state index in [0.29, 0.717) is 50.4 Å². The number of rotatable bonds is 18. The van der Waals surface area contributed by atoms with E-state index in [0.717, 1.165) is 36.1 Å². The van der Waals surface area contributed by atoms with Crippen LogP contribution in [0, 0.1) is 0 Å². The summed E-state index contributed by atoms with van der Waals surface area (Å²) in [6, 6.07) is 14.9. The molecule has 0 aliphatic carbocycles. The summed E-state index contributed by atoms with van der Waals surface area (Å²) in [5, 5.41) is 0. The van der Waals surface area contributed by atoms with E-state index in [1.54, 1.807) is 24.3 Å². The second-order valence-electron chi connectivity index (χ2n) is 9.99. The zero-order chi connectivity index (χ0) is 30.1. The van der Waals surface area contributed by atoms with Crippen molar-refractivity contribution in [2.24, 2.45) is 0 Å². The monoisotopic (exact) mass is 564 g/mol. The predicted octanol–water partition coefficient (Wildman–Crippen LogP) is 6.40. The molecule has 0 aliphatic rings. The highest BCUT2D eigenvalue weighted by atomic mass is 16.5. The average molecular weight is 565 g/mol. The van der Waals surface area contributed by atoms with Crippen molar-refractivity contribution in [2.75, 3.05) is 13.2 Å². The van der Waals surface area contributed by atoms with Crippen LogP contribution in [0.5, 0.6) is 11.5 Å². The van der Waals surface area contributed by atoms with Crippen molar-refractivity contribution in [3.63, 3.8) is 0 Å². The van der Waals surface area contributed by atoms with E-state index in [2.05, 4.69) is 27.0 Å². The number of benzene rings is 2. The number of hydrogen-bond acceptors (Lipinski definition) is 8. The van der Waals surface area contributed by atoms with Crippen LogP contribution in [0.2, 0.25) is 0 Å². The van der Waals surface area contributed by atoms with Crippen LogP contribution in [0.3, 0.4) is 0 Å². The van der Waals surface area contributed by atoms with Gasteiger partial charge in [-0.05, 0) is 73.9 Å². The molecule has 0 saturated carbocycles. The van der Waals surface area contributed by atoms with E-state index < -0.39 is 11.9 Å². The van der Waals surface area contributed by atoms with Gasteiger partial charge in [0, 0.05) is 30.4 Å². The lowest BCUT2D eigenvalue weighted by Gasteiger charge is -2.26. The molecule has 0 aromatic heterocycles. The van der Waals surface area contributed by atoms with E-state index in [1.807, 2.05) is 24.3 Å². The maximum absolute atomic E-state index is 12.2. The van der Waals surface area contributed by atoms with E-state index in [4.69, 9.17) is 18.9 Å². The van der Waals surface area contributed by atoms with Gasteiger partial charge in [-0.2, -0.15) is 0 Å². The summed E-state index contributed by atoms with van der Waals surface area (Å²) >= 11 is 0. The summed E-state index contributed by atoms with van der Waals surface area (Å²) in [6.45, 7) is 11.5. The van der Waals surface area contributed by atoms with Gasteiger partial charge in [-0.1, -0.05) is 51.3 Å². The van der Waals surface area contributed by atoms with Gasteiger partial charge in [0.1, 0.15) is 11.5 Å². The second kappa shape index (κ2) is 17.5. The van der Waals surface area contributed by atoms with Crippen molar-refractivity contribution >= 4 is 23.9 Å². The standard InChI is InChI=1S/C33H40O8/c1-5-29(34)38-23-11-7-9-13-31(36)40-27-19-15-25(16-20-27)33(3,4)26-17-21-28(22-18-26)41-32(37)14-10-8-12-24-39-30(35)6-2/h5-6,15-22H,1-2,7-14,23-24H2,3-4H3. The molecule has 0 atom stereocenters. The van der Waals surface area contributed by atoms with Crippen molar-refractivity contribution in [1.82, 2.24) is 0 Å². The molecule has 2 rings (SSSR count). The summed E-state index contributed by atoms with van der Waals surface area (Å²) < 4.78 is 20.7. The van der Waals surface area contributed by atoms with Gasteiger partial charge >= 0.3 is 23.9 Å². The van der Waals surface area contributed by atoms with Crippen molar-refractivity contribution < 1.29 is 38.1 Å². The Kier molecular flexibility index (Phi) is 14.1. The van der Waals surface area contributed by atoms with Crippen LogP contribution in [0.1, 0.15) is 76.3 Å². The lowest BCUT2D eigenvalue weighted by molar-refractivity contribution is -0.138. The summed E-state index contributed by atoms with van der Waals surface area (Å²) in [5.41, 5.74) is 1.74. The Hall–Kier alpha value is -4.20. The Morgan fingerprint density at radius 1 is 0.610 bits per heavy atom. The first-order valence-electron chi connectivity index (χ1n) is 13.9. The average Bonchev–Trinajstić information content (AvgIpc) is 2.96. The number of ether oxygens (including phenoxy) is 4. The van der Waals surface area contributed by atoms with E-state index in [-0.39, 0.29) is 30.2 Å². The molecule has 0 radical (unpaired) electrons. The first kappa shape index (κ1) is 33.0. The normalized spacial score (nSPS) is 10.8. The third kappa shape index (κ3) is 12.2. The van der Waals surface area contributed by atoms with E-state index >= 15 is 0 Å². The zero-order valence-electron chi connectivity index (χ0n) is 24.0. The van der Waals surface area contributed by atoms with E-state index in [9.17, 15) is 19.2 Å². The number of carbonyl (C=O) groups is 4. The molecular weight excluding hydrogens is 524 g/mol. The van der Waals surface area contributed by atoms with Crippen molar-refractivity contribution in [1.29, 1.82) is 0 Å². The predicted molar refractivity (Wildman–Crippen MR) is 156 cm³/mol. The Morgan fingerprint density at radius 3 is 1.32 bits per heavy atom. The Labute approximate surface area is 242 Å². The molecule has 0 spiro atoms. The van der Waals surface area contributed by atoms with Crippen molar-refractivity contribution in [2.45, 2.75) is 70.6 Å². The van der Waals surface area contributed by atoms with Crippen LogP contribution in [-0.4, -0.2) is 37.1 Å². The van der Waals surface area contributed by atoms with Gasteiger partial charge in [0.25, 0.3) is 0 Å². The minimum Gasteiger partial charge on any atom is -0.463 e. The van der Waals surface area contributed by atoms with E-state index in [1.165, 1.54) is 0 Å². The SMILES string of the molecule is C=CC(=O)OCCCCCC(=O)Oc1ccc(C(C)(C)c2ccc(OC(=O)CCCCCOC(=O)C=C)cc2)cc1. The molecule has 0 bridgehead atoms. The highest BCUT2D eigenvalue weighted by molar-refractivity contribution is 5.81. The molecule has 220 valence electrons. The Balaban J connectivity index is 1.77. The topological polar surface area (TPSA) is 105 Å². The van der Waals surface area contributed by atoms with Crippen molar-refractivity contribution in [3.8, 4) is 11.5 Å². The fourth-order valence-corrected chi connectivity index (χ4v) is 3.97. The van der Waals surface area contributed by atoms with Crippen LogP contribution in [-0.2, 0) is 34.1 Å². The molecule has 0 fully saturated rings. The first-order valence-corrected chi connectivity index (χ1v) is 13.9. The van der Waals surface area contributed by atoms with Gasteiger partial charge in [-0.25, -0.2) is 9.59 Å². The highest BCUT2D eigenvalue weighted by Gasteiger charge is 2.23. The quantitative estimate of drug-likeness (QED) is 0.0886. The van der Waals surface area contributed by atoms with Crippen LogP contribution in [0.15, 0.2) is 73.8 Å². The molecule has 2 aromatic carbocycles. The summed E-state index contributed by atoms with van der Waals surface area (Å²) in [6.07, 6.45) is 6.98. The maximum atomic E-state index is 12.2. The smallest absolute Gasteiger partial charge is 0.330 e. The molecule has 41 heavy (non-hydrogen) atoms. The van der Waals surface area contributed by atoms with Gasteiger partial charge in [0.2, 0.25) is 0 Å². The highest BCUT2D eigenvalue weighted by Crippen LogP contribution is 2.33. The fraction of sp³-hybridized carbons (Fsp3) is 0.394. The molecule has 0 heterocycles. The minimum atomic E-state index is -0.444. The molecule has 0 unspecified atom stereocenters. The van der Waals surface area contributed by atoms with Crippen LogP contribution in [0.4, 0.5) is 0 Å². The van der Waals surface area contributed by atoms with Crippen LogP contribution >= 0.6 is 0 Å². The zero-order valence-corrected chi connectivity index (χ0v) is 24.0. The van der Waals surface area contributed by atoms with Gasteiger partial charge in [0.05, 0.1) is 13.2 Å². The third-order valence-corrected chi connectivity index (χ3v) is 6.49. The number of hydrogen-bond donors (Lipinski definition) is 0. The summed E-state index contributed by atoms with van der Waals surface area (Å²) in [7, 11) is 0. The van der Waals surface area contributed by atoms with Gasteiger partial charge in [-0.15, -0.1) is 0 Å².